The molecule has 0 aromatic heterocycles. The molecule has 1 atom stereocenters. The van der Waals surface area contributed by atoms with Gasteiger partial charge in [0.05, 0.1) is 17.7 Å². The third-order valence-corrected chi connectivity index (χ3v) is 4.07. The largest absolute Gasteiger partial charge is 0.471 e. The molecular weight excluding hydrogens is 353 g/mol. The second-order valence-electron chi connectivity index (χ2n) is 5.58. The normalized spacial score (nSPS) is 19.1. The maximum atomic E-state index is 12.2. The van der Waals surface area contributed by atoms with E-state index >= 15 is 0 Å². The minimum Gasteiger partial charge on any atom is -0.471 e. The zero-order valence-corrected chi connectivity index (χ0v) is 15.6. The summed E-state index contributed by atoms with van der Waals surface area (Å²) in [5, 5.41) is 4.04. The van der Waals surface area contributed by atoms with E-state index in [1.165, 1.54) is 7.11 Å². The molecule has 1 N–H and O–H groups in total. The number of carbonyl (C=O) groups excluding carboxylic acids is 2. The third-order valence-electron chi connectivity index (χ3n) is 3.55. The Kier molecular flexibility index (Phi) is 7.73. The van der Waals surface area contributed by atoms with Gasteiger partial charge in [0.15, 0.2) is 0 Å². The van der Waals surface area contributed by atoms with Gasteiger partial charge < -0.3 is 14.8 Å². The minimum atomic E-state index is -0.405. The number of amides is 1. The van der Waals surface area contributed by atoms with Crippen LogP contribution in [-0.2, 0) is 19.1 Å². The Bertz CT molecular complexity index is 622. The molecule has 0 radical (unpaired) electrons. The molecular formula is C17H21Cl2NO4. The van der Waals surface area contributed by atoms with Gasteiger partial charge in [-0.2, -0.15) is 0 Å². The molecule has 0 saturated carbocycles. The van der Waals surface area contributed by atoms with Gasteiger partial charge in [-0.1, -0.05) is 23.2 Å². The van der Waals surface area contributed by atoms with E-state index in [9.17, 15) is 4.79 Å². The SMILES string of the molecule is COC=O.COCCC1(C)C=C(c2c(C)cc(Cl)cc2Cl)C(=O)N1. The average molecular weight is 374 g/mol. The summed E-state index contributed by atoms with van der Waals surface area (Å²) in [5.74, 6) is -0.115. The first-order valence-electron chi connectivity index (χ1n) is 7.24. The predicted molar refractivity (Wildman–Crippen MR) is 95.3 cm³/mol. The smallest absolute Gasteiger partial charge is 0.292 e. The Morgan fingerprint density at radius 1 is 1.29 bits per heavy atom. The summed E-state index contributed by atoms with van der Waals surface area (Å²) in [6, 6.07) is 3.46. The minimum absolute atomic E-state index is 0.115. The van der Waals surface area contributed by atoms with Crippen LogP contribution in [0.2, 0.25) is 10.0 Å². The van der Waals surface area contributed by atoms with E-state index in [0.29, 0.717) is 35.1 Å². The second kappa shape index (κ2) is 9.06. The highest BCUT2D eigenvalue weighted by atomic mass is 35.5. The van der Waals surface area contributed by atoms with Gasteiger partial charge in [-0.25, -0.2) is 0 Å². The van der Waals surface area contributed by atoms with Gasteiger partial charge >= 0.3 is 0 Å². The Morgan fingerprint density at radius 2 is 1.92 bits per heavy atom. The number of ether oxygens (including phenoxy) is 2. The van der Waals surface area contributed by atoms with Crippen LogP contribution in [-0.4, -0.2) is 38.7 Å². The van der Waals surface area contributed by atoms with Crippen molar-refractivity contribution in [3.63, 3.8) is 0 Å². The van der Waals surface area contributed by atoms with Crippen molar-refractivity contribution in [1.29, 1.82) is 0 Å². The topological polar surface area (TPSA) is 64.6 Å². The molecule has 132 valence electrons. The number of methoxy groups -OCH3 is 2. The van der Waals surface area contributed by atoms with E-state index in [1.807, 2.05) is 26.0 Å². The van der Waals surface area contributed by atoms with Crippen molar-refractivity contribution >= 4 is 41.2 Å². The zero-order chi connectivity index (χ0) is 18.3. The van der Waals surface area contributed by atoms with Gasteiger partial charge in [-0.15, -0.1) is 0 Å². The molecule has 1 aliphatic heterocycles. The van der Waals surface area contributed by atoms with Crippen molar-refractivity contribution in [3.05, 3.63) is 39.4 Å². The van der Waals surface area contributed by atoms with Crippen LogP contribution in [0.25, 0.3) is 5.57 Å². The standard InChI is InChI=1S/C15H17Cl2NO2.C2H4O2/c1-9-6-10(16)7-12(17)13(9)11-8-15(2,4-5-20-3)18-14(11)19;1-4-2-3/h6-8H,4-5H2,1-3H3,(H,18,19);2H,1H3. The number of hydrogen-bond donors (Lipinski definition) is 1. The van der Waals surface area contributed by atoms with Crippen LogP contribution in [0, 0.1) is 6.92 Å². The fourth-order valence-corrected chi connectivity index (χ4v) is 3.12. The molecule has 24 heavy (non-hydrogen) atoms. The number of carbonyl (C=O) groups is 2. The lowest BCUT2D eigenvalue weighted by molar-refractivity contribution is -0.126. The van der Waals surface area contributed by atoms with E-state index < -0.39 is 5.54 Å². The lowest BCUT2D eigenvalue weighted by atomic mass is 9.95. The number of aryl methyl sites for hydroxylation is 1. The Morgan fingerprint density at radius 3 is 2.42 bits per heavy atom. The van der Waals surface area contributed by atoms with Gasteiger partial charge in [0.1, 0.15) is 0 Å². The van der Waals surface area contributed by atoms with Crippen LogP contribution in [0.4, 0.5) is 0 Å². The fraction of sp³-hybridized carbons (Fsp3) is 0.412. The zero-order valence-electron chi connectivity index (χ0n) is 14.1. The lowest BCUT2D eigenvalue weighted by Crippen LogP contribution is -2.40. The molecule has 0 fully saturated rings. The van der Waals surface area contributed by atoms with E-state index in [4.69, 9.17) is 32.7 Å². The summed E-state index contributed by atoms with van der Waals surface area (Å²) < 4.78 is 8.95. The number of hydrogen-bond acceptors (Lipinski definition) is 4. The highest BCUT2D eigenvalue weighted by Crippen LogP contribution is 2.35. The van der Waals surface area contributed by atoms with Gasteiger partial charge in [0.25, 0.3) is 12.4 Å². The summed E-state index contributed by atoms with van der Waals surface area (Å²) in [4.78, 5) is 21.2. The maximum absolute atomic E-state index is 12.2. The molecule has 2 rings (SSSR count). The van der Waals surface area contributed by atoms with Gasteiger partial charge in [0.2, 0.25) is 0 Å². The van der Waals surface area contributed by atoms with Crippen molar-refractivity contribution in [2.24, 2.45) is 0 Å². The number of halogens is 2. The molecule has 1 aromatic carbocycles. The molecule has 1 aliphatic rings. The number of benzene rings is 1. The number of nitrogens with one attached hydrogen (secondary N) is 1. The first-order chi connectivity index (χ1) is 11.3. The highest BCUT2D eigenvalue weighted by molar-refractivity contribution is 6.38. The molecule has 7 heteroatoms. The molecule has 0 saturated heterocycles. The van der Waals surface area contributed by atoms with E-state index in [-0.39, 0.29) is 5.91 Å². The molecule has 5 nitrogen and oxygen atoms in total. The maximum Gasteiger partial charge on any atom is 0.292 e. The summed E-state index contributed by atoms with van der Waals surface area (Å²) in [6.07, 6.45) is 2.64. The Balaban J connectivity index is 0.000000648. The van der Waals surface area contributed by atoms with Gasteiger partial charge in [-0.3, -0.25) is 9.59 Å². The van der Waals surface area contributed by atoms with Crippen LogP contribution < -0.4 is 5.32 Å². The van der Waals surface area contributed by atoms with Crippen molar-refractivity contribution in [1.82, 2.24) is 5.32 Å². The fourth-order valence-electron chi connectivity index (χ4n) is 2.42. The molecule has 1 unspecified atom stereocenters. The highest BCUT2D eigenvalue weighted by Gasteiger charge is 2.34. The monoisotopic (exact) mass is 373 g/mol. The van der Waals surface area contributed by atoms with E-state index in [1.54, 1.807) is 13.2 Å². The molecule has 1 heterocycles. The summed E-state index contributed by atoms with van der Waals surface area (Å²) in [5.41, 5.74) is 1.83. The Hall–Kier alpha value is -1.56. The van der Waals surface area contributed by atoms with Gasteiger partial charge in [0, 0.05) is 29.9 Å². The van der Waals surface area contributed by atoms with Crippen molar-refractivity contribution in [3.8, 4) is 0 Å². The molecule has 0 bridgehead atoms. The van der Waals surface area contributed by atoms with Crippen LogP contribution >= 0.6 is 23.2 Å². The number of rotatable bonds is 5. The molecule has 1 amide bonds. The van der Waals surface area contributed by atoms with E-state index in [0.717, 1.165) is 11.1 Å². The summed E-state index contributed by atoms with van der Waals surface area (Å²) in [6.45, 7) is 4.82. The Labute approximate surface area is 151 Å². The summed E-state index contributed by atoms with van der Waals surface area (Å²) in [7, 11) is 2.96. The average Bonchev–Trinajstić information content (AvgIpc) is 2.80. The second-order valence-corrected chi connectivity index (χ2v) is 6.43. The van der Waals surface area contributed by atoms with Crippen molar-refractivity contribution in [2.75, 3.05) is 20.8 Å². The first kappa shape index (κ1) is 20.5. The lowest BCUT2D eigenvalue weighted by Gasteiger charge is -2.21. The first-order valence-corrected chi connectivity index (χ1v) is 8.00. The molecule has 1 aromatic rings. The predicted octanol–water partition coefficient (Wildman–Crippen LogP) is 3.40. The van der Waals surface area contributed by atoms with E-state index in [2.05, 4.69) is 10.1 Å². The van der Waals surface area contributed by atoms with Crippen LogP contribution in [0.15, 0.2) is 18.2 Å². The van der Waals surface area contributed by atoms with Crippen molar-refractivity contribution < 1.29 is 19.1 Å². The van der Waals surface area contributed by atoms with Crippen molar-refractivity contribution in [2.45, 2.75) is 25.8 Å². The third kappa shape index (κ3) is 5.23. The molecule has 0 spiro atoms. The van der Waals surface area contributed by atoms with Crippen LogP contribution in [0.1, 0.15) is 24.5 Å². The summed E-state index contributed by atoms with van der Waals surface area (Å²) >= 11 is 12.2. The quantitative estimate of drug-likeness (QED) is 0.803. The van der Waals surface area contributed by atoms with Crippen LogP contribution in [0.5, 0.6) is 0 Å². The molecule has 0 aliphatic carbocycles. The van der Waals surface area contributed by atoms with Gasteiger partial charge in [-0.05, 0) is 44.0 Å². The van der Waals surface area contributed by atoms with Crippen LogP contribution in [0.3, 0.4) is 0 Å².